The molecule has 0 aliphatic carbocycles. The summed E-state index contributed by atoms with van der Waals surface area (Å²) < 4.78 is 5.17. The van der Waals surface area contributed by atoms with Crippen LogP contribution in [0.3, 0.4) is 0 Å². The predicted octanol–water partition coefficient (Wildman–Crippen LogP) is 1.34. The van der Waals surface area contributed by atoms with E-state index in [2.05, 4.69) is 9.80 Å². The number of esters is 1. The zero-order valence-corrected chi connectivity index (χ0v) is 12.2. The minimum atomic E-state index is -0.138. The summed E-state index contributed by atoms with van der Waals surface area (Å²) in [7, 11) is 0. The quantitative estimate of drug-likeness (QED) is 0.665. The minimum Gasteiger partial charge on any atom is -0.462 e. The van der Waals surface area contributed by atoms with Crippen LogP contribution >= 0.6 is 0 Å². The van der Waals surface area contributed by atoms with E-state index in [-0.39, 0.29) is 12.1 Å². The molecule has 0 aromatic heterocycles. The lowest BCUT2D eigenvalue weighted by atomic mass is 10.2. The lowest BCUT2D eigenvalue weighted by Crippen LogP contribution is -2.48. The number of rotatable bonds is 4. The van der Waals surface area contributed by atoms with E-state index < -0.39 is 0 Å². The number of piperazine rings is 1. The maximum Gasteiger partial charge on any atom is 0.320 e. The van der Waals surface area contributed by atoms with Crippen LogP contribution in [0, 0.1) is 0 Å². The maximum absolute atomic E-state index is 11.6. The van der Waals surface area contributed by atoms with Crippen molar-refractivity contribution in [3.05, 3.63) is 24.3 Å². The van der Waals surface area contributed by atoms with Crippen LogP contribution in [0.2, 0.25) is 0 Å². The molecule has 0 unspecified atom stereocenters. The van der Waals surface area contributed by atoms with E-state index in [0.717, 1.165) is 31.9 Å². The first-order chi connectivity index (χ1) is 9.54. The van der Waals surface area contributed by atoms with Gasteiger partial charge in [0, 0.05) is 37.6 Å². The molecule has 0 radical (unpaired) electrons. The molecule has 0 atom stereocenters. The van der Waals surface area contributed by atoms with Crippen molar-refractivity contribution in [2.24, 2.45) is 0 Å². The van der Waals surface area contributed by atoms with Gasteiger partial charge in [-0.25, -0.2) is 0 Å². The van der Waals surface area contributed by atoms with Gasteiger partial charge < -0.3 is 15.4 Å². The zero-order valence-electron chi connectivity index (χ0n) is 12.2. The summed E-state index contributed by atoms with van der Waals surface area (Å²) in [6.07, 6.45) is -0.0430. The van der Waals surface area contributed by atoms with Crippen molar-refractivity contribution in [3.8, 4) is 0 Å². The average molecular weight is 277 g/mol. The first-order valence-corrected chi connectivity index (χ1v) is 7.07. The number of ether oxygens (including phenoxy) is 1. The van der Waals surface area contributed by atoms with Crippen LogP contribution < -0.4 is 10.6 Å². The molecule has 1 aromatic carbocycles. The van der Waals surface area contributed by atoms with Crippen molar-refractivity contribution in [1.82, 2.24) is 4.90 Å². The molecule has 2 rings (SSSR count). The van der Waals surface area contributed by atoms with Gasteiger partial charge in [0.15, 0.2) is 0 Å². The van der Waals surface area contributed by atoms with E-state index in [1.54, 1.807) is 0 Å². The third kappa shape index (κ3) is 4.13. The molecule has 1 heterocycles. The molecule has 5 nitrogen and oxygen atoms in total. The minimum absolute atomic E-state index is 0.0430. The smallest absolute Gasteiger partial charge is 0.320 e. The molecular weight excluding hydrogens is 254 g/mol. The Kier molecular flexibility index (Phi) is 4.84. The first-order valence-electron chi connectivity index (χ1n) is 7.07. The zero-order chi connectivity index (χ0) is 14.5. The summed E-state index contributed by atoms with van der Waals surface area (Å²) in [4.78, 5) is 16.1. The molecule has 0 amide bonds. The van der Waals surface area contributed by atoms with Gasteiger partial charge in [-0.2, -0.15) is 0 Å². The Morgan fingerprint density at radius 3 is 2.35 bits per heavy atom. The van der Waals surface area contributed by atoms with Gasteiger partial charge >= 0.3 is 5.97 Å². The van der Waals surface area contributed by atoms with Gasteiger partial charge in [-0.1, -0.05) is 0 Å². The fourth-order valence-electron chi connectivity index (χ4n) is 2.33. The fourth-order valence-corrected chi connectivity index (χ4v) is 2.33. The second-order valence-electron chi connectivity index (χ2n) is 5.39. The van der Waals surface area contributed by atoms with E-state index >= 15 is 0 Å². The van der Waals surface area contributed by atoms with Gasteiger partial charge in [0.1, 0.15) is 0 Å². The molecule has 5 heteroatoms. The highest BCUT2D eigenvalue weighted by molar-refractivity contribution is 5.71. The van der Waals surface area contributed by atoms with Crippen LogP contribution in [0.5, 0.6) is 0 Å². The maximum atomic E-state index is 11.6. The van der Waals surface area contributed by atoms with Gasteiger partial charge in [0.2, 0.25) is 0 Å². The Balaban J connectivity index is 1.80. The number of nitrogens with two attached hydrogens (primary N) is 1. The Morgan fingerprint density at radius 1 is 1.20 bits per heavy atom. The van der Waals surface area contributed by atoms with Crippen LogP contribution in [0.25, 0.3) is 0 Å². The molecule has 1 aliphatic heterocycles. The van der Waals surface area contributed by atoms with Crippen molar-refractivity contribution < 1.29 is 9.53 Å². The SMILES string of the molecule is CC(C)OC(=O)CN1CCN(c2ccc(N)cc2)CC1. The van der Waals surface area contributed by atoms with Crippen LogP contribution in [-0.2, 0) is 9.53 Å². The van der Waals surface area contributed by atoms with Crippen molar-refractivity contribution in [2.75, 3.05) is 43.4 Å². The summed E-state index contributed by atoms with van der Waals surface area (Å²) in [5.41, 5.74) is 7.66. The number of carbonyl (C=O) groups is 1. The lowest BCUT2D eigenvalue weighted by molar-refractivity contribution is -0.148. The van der Waals surface area contributed by atoms with E-state index in [0.29, 0.717) is 6.54 Å². The molecule has 1 aliphatic rings. The van der Waals surface area contributed by atoms with Crippen LogP contribution in [0.4, 0.5) is 11.4 Å². The second-order valence-corrected chi connectivity index (χ2v) is 5.39. The molecule has 2 N–H and O–H groups in total. The highest BCUT2D eigenvalue weighted by atomic mass is 16.5. The summed E-state index contributed by atoms with van der Waals surface area (Å²) >= 11 is 0. The number of hydrogen-bond acceptors (Lipinski definition) is 5. The summed E-state index contributed by atoms with van der Waals surface area (Å²) in [5.74, 6) is -0.138. The summed E-state index contributed by atoms with van der Waals surface area (Å²) in [5, 5.41) is 0. The van der Waals surface area contributed by atoms with Crippen LogP contribution in [-0.4, -0.2) is 49.7 Å². The number of nitrogen functional groups attached to an aromatic ring is 1. The molecule has 1 saturated heterocycles. The molecule has 0 spiro atoms. The van der Waals surface area contributed by atoms with Crippen molar-refractivity contribution in [3.63, 3.8) is 0 Å². The summed E-state index contributed by atoms with van der Waals surface area (Å²) in [6.45, 7) is 7.70. The topological polar surface area (TPSA) is 58.8 Å². The highest BCUT2D eigenvalue weighted by Gasteiger charge is 2.20. The monoisotopic (exact) mass is 277 g/mol. The van der Waals surface area contributed by atoms with E-state index in [4.69, 9.17) is 10.5 Å². The molecule has 0 saturated carbocycles. The van der Waals surface area contributed by atoms with Crippen LogP contribution in [0.15, 0.2) is 24.3 Å². The van der Waals surface area contributed by atoms with Crippen molar-refractivity contribution in [1.29, 1.82) is 0 Å². The molecule has 110 valence electrons. The molecule has 20 heavy (non-hydrogen) atoms. The fraction of sp³-hybridized carbons (Fsp3) is 0.533. The third-order valence-corrected chi connectivity index (χ3v) is 3.35. The Morgan fingerprint density at radius 2 is 1.80 bits per heavy atom. The molecule has 0 bridgehead atoms. The molecule has 1 aromatic rings. The highest BCUT2D eigenvalue weighted by Crippen LogP contribution is 2.18. The second kappa shape index (κ2) is 6.61. The Labute approximate surface area is 120 Å². The van der Waals surface area contributed by atoms with E-state index in [1.165, 1.54) is 5.69 Å². The van der Waals surface area contributed by atoms with Gasteiger partial charge in [0.25, 0.3) is 0 Å². The van der Waals surface area contributed by atoms with Gasteiger partial charge in [0.05, 0.1) is 12.6 Å². The summed E-state index contributed by atoms with van der Waals surface area (Å²) in [6, 6.07) is 7.92. The molecular formula is C15H23N3O2. The van der Waals surface area contributed by atoms with Crippen molar-refractivity contribution >= 4 is 17.3 Å². The van der Waals surface area contributed by atoms with Gasteiger partial charge in [-0.3, -0.25) is 9.69 Å². The van der Waals surface area contributed by atoms with Gasteiger partial charge in [-0.05, 0) is 38.1 Å². The lowest BCUT2D eigenvalue weighted by Gasteiger charge is -2.35. The largest absolute Gasteiger partial charge is 0.462 e. The number of hydrogen-bond donors (Lipinski definition) is 1. The predicted molar refractivity (Wildman–Crippen MR) is 80.7 cm³/mol. The number of benzene rings is 1. The number of anilines is 2. The standard InChI is InChI=1S/C15H23N3O2/c1-12(2)20-15(19)11-17-7-9-18(10-8-17)14-5-3-13(16)4-6-14/h3-6,12H,7-11,16H2,1-2H3. The van der Waals surface area contributed by atoms with E-state index in [1.807, 2.05) is 38.1 Å². The Bertz CT molecular complexity index is 437. The average Bonchev–Trinajstić information content (AvgIpc) is 2.39. The van der Waals surface area contributed by atoms with Gasteiger partial charge in [-0.15, -0.1) is 0 Å². The van der Waals surface area contributed by atoms with E-state index in [9.17, 15) is 4.79 Å². The normalized spacial score (nSPS) is 16.4. The number of carbonyl (C=O) groups excluding carboxylic acids is 1. The molecule has 1 fully saturated rings. The first kappa shape index (κ1) is 14.7. The number of nitrogens with zero attached hydrogens (tertiary/aromatic N) is 2. The van der Waals surface area contributed by atoms with Crippen molar-refractivity contribution in [2.45, 2.75) is 20.0 Å². The van der Waals surface area contributed by atoms with Crippen LogP contribution in [0.1, 0.15) is 13.8 Å². The Hall–Kier alpha value is -1.75. The third-order valence-electron chi connectivity index (χ3n) is 3.35.